The van der Waals surface area contributed by atoms with Crippen molar-refractivity contribution in [2.75, 3.05) is 18.9 Å². The summed E-state index contributed by atoms with van der Waals surface area (Å²) in [6, 6.07) is 4.95. The van der Waals surface area contributed by atoms with Crippen LogP contribution in [0.1, 0.15) is 30.0 Å². The van der Waals surface area contributed by atoms with Crippen LogP contribution in [0.5, 0.6) is 5.75 Å². The average molecular weight is 323 g/mol. The van der Waals surface area contributed by atoms with Gasteiger partial charge in [0.15, 0.2) is 0 Å². The quantitative estimate of drug-likeness (QED) is 0.716. The highest BCUT2D eigenvalue weighted by atomic mass is 16.3. The van der Waals surface area contributed by atoms with E-state index in [4.69, 9.17) is 6.42 Å². The van der Waals surface area contributed by atoms with Gasteiger partial charge in [-0.3, -0.25) is 10.1 Å². The van der Waals surface area contributed by atoms with Gasteiger partial charge >= 0.3 is 0 Å². The smallest absolute Gasteiger partial charge is 0.249 e. The Bertz CT molecular complexity index is 824. The highest BCUT2D eigenvalue weighted by molar-refractivity contribution is 5.90. The number of aromatic hydroxyl groups is 1. The van der Waals surface area contributed by atoms with Gasteiger partial charge in [0.2, 0.25) is 11.9 Å². The maximum Gasteiger partial charge on any atom is 0.249 e. The first-order chi connectivity index (χ1) is 11.6. The number of aromatic nitrogens is 3. The summed E-state index contributed by atoms with van der Waals surface area (Å²) in [5, 5.41) is 23.7. The van der Waals surface area contributed by atoms with Crippen LogP contribution in [0.25, 0.3) is 11.3 Å². The molecule has 1 heterocycles. The number of rotatable bonds is 5. The topological polar surface area (TPSA) is 100 Å². The van der Waals surface area contributed by atoms with E-state index in [2.05, 4.69) is 31.7 Å². The molecule has 0 bridgehead atoms. The zero-order chi connectivity index (χ0) is 17.1. The van der Waals surface area contributed by atoms with Crippen LogP contribution in [-0.4, -0.2) is 39.8 Å². The zero-order valence-electron chi connectivity index (χ0n) is 13.2. The number of hydrogen-bond acceptors (Lipinski definition) is 6. The number of carbonyl (C=O) groups excluding carboxylic acids is 1. The molecule has 0 unspecified atom stereocenters. The molecule has 0 aliphatic heterocycles. The lowest BCUT2D eigenvalue weighted by Gasteiger charge is -2.10. The Morgan fingerprint density at radius 1 is 1.42 bits per heavy atom. The van der Waals surface area contributed by atoms with E-state index >= 15 is 0 Å². The minimum Gasteiger partial charge on any atom is -0.507 e. The van der Waals surface area contributed by atoms with Crippen LogP contribution >= 0.6 is 0 Å². The Balaban J connectivity index is 1.97. The number of hydrogen-bond donors (Lipinski definition) is 3. The summed E-state index contributed by atoms with van der Waals surface area (Å²) >= 11 is 0. The molecule has 7 nitrogen and oxygen atoms in total. The third kappa shape index (κ3) is 3.34. The van der Waals surface area contributed by atoms with Crippen LogP contribution in [0.15, 0.2) is 18.2 Å². The minimum absolute atomic E-state index is 0.0374. The van der Waals surface area contributed by atoms with E-state index in [1.165, 1.54) is 6.07 Å². The molecule has 1 aliphatic carbocycles. The molecule has 1 aromatic heterocycles. The molecule has 1 aliphatic rings. The lowest BCUT2D eigenvalue weighted by molar-refractivity contribution is -0.115. The van der Waals surface area contributed by atoms with Crippen molar-refractivity contribution in [3.05, 3.63) is 29.5 Å². The minimum atomic E-state index is -0.241. The molecule has 0 saturated heterocycles. The number of anilines is 1. The van der Waals surface area contributed by atoms with Crippen molar-refractivity contribution >= 4 is 11.9 Å². The van der Waals surface area contributed by atoms with Crippen molar-refractivity contribution in [2.24, 2.45) is 0 Å². The van der Waals surface area contributed by atoms with Crippen molar-refractivity contribution in [2.45, 2.75) is 18.8 Å². The average Bonchev–Trinajstić information content (AvgIpc) is 3.40. The Hall–Kier alpha value is -2.98. The molecule has 1 amide bonds. The predicted octanol–water partition coefficient (Wildman–Crippen LogP) is 1.26. The molecule has 0 spiro atoms. The van der Waals surface area contributed by atoms with Crippen molar-refractivity contribution in [1.82, 2.24) is 20.5 Å². The van der Waals surface area contributed by atoms with E-state index in [0.29, 0.717) is 16.8 Å². The Morgan fingerprint density at radius 2 is 2.21 bits per heavy atom. The van der Waals surface area contributed by atoms with Gasteiger partial charge in [0.05, 0.1) is 12.2 Å². The molecule has 0 radical (unpaired) electrons. The predicted molar refractivity (Wildman–Crippen MR) is 89.4 cm³/mol. The maximum atomic E-state index is 11.6. The maximum absolute atomic E-state index is 11.6. The number of amides is 1. The van der Waals surface area contributed by atoms with Gasteiger partial charge in [-0.15, -0.1) is 16.6 Å². The second-order valence-corrected chi connectivity index (χ2v) is 5.60. The zero-order valence-corrected chi connectivity index (χ0v) is 13.2. The number of benzene rings is 1. The molecule has 1 aromatic carbocycles. The lowest BCUT2D eigenvalue weighted by Crippen LogP contribution is -2.26. The summed E-state index contributed by atoms with van der Waals surface area (Å²) in [5.74, 6) is 2.70. The van der Waals surface area contributed by atoms with E-state index in [1.807, 2.05) is 0 Å². The third-order valence-corrected chi connectivity index (χ3v) is 3.69. The van der Waals surface area contributed by atoms with E-state index in [0.717, 1.165) is 18.5 Å². The van der Waals surface area contributed by atoms with Crippen LogP contribution in [0.2, 0.25) is 0 Å². The van der Waals surface area contributed by atoms with Gasteiger partial charge in [-0.25, -0.2) is 4.98 Å². The number of phenolic OH excluding ortho intramolecular Hbond substituents is 1. The second kappa shape index (κ2) is 6.64. The summed E-state index contributed by atoms with van der Waals surface area (Å²) in [6.07, 6.45) is 7.34. The largest absolute Gasteiger partial charge is 0.507 e. The molecule has 1 fully saturated rings. The molecule has 3 rings (SSSR count). The van der Waals surface area contributed by atoms with E-state index in [9.17, 15) is 9.90 Å². The van der Waals surface area contributed by atoms with Crippen LogP contribution in [0.3, 0.4) is 0 Å². The van der Waals surface area contributed by atoms with Crippen molar-refractivity contribution in [1.29, 1.82) is 0 Å². The van der Waals surface area contributed by atoms with Crippen LogP contribution in [0.4, 0.5) is 5.95 Å². The normalized spacial score (nSPS) is 13.3. The highest BCUT2D eigenvalue weighted by Crippen LogP contribution is 2.44. The fourth-order valence-corrected chi connectivity index (χ4v) is 2.38. The van der Waals surface area contributed by atoms with Gasteiger partial charge in [-0.05, 0) is 38.1 Å². The Morgan fingerprint density at radius 3 is 2.83 bits per heavy atom. The van der Waals surface area contributed by atoms with Crippen LogP contribution in [0, 0.1) is 12.3 Å². The number of phenols is 1. The molecule has 7 heteroatoms. The molecular formula is C17H17N5O2. The van der Waals surface area contributed by atoms with Crippen molar-refractivity contribution < 1.29 is 9.90 Å². The summed E-state index contributed by atoms with van der Waals surface area (Å²) in [4.78, 5) is 16.1. The van der Waals surface area contributed by atoms with Gasteiger partial charge in [0.1, 0.15) is 11.4 Å². The summed E-state index contributed by atoms with van der Waals surface area (Å²) < 4.78 is 0. The van der Waals surface area contributed by atoms with Crippen molar-refractivity contribution in [3.8, 4) is 29.4 Å². The van der Waals surface area contributed by atoms with Crippen LogP contribution in [-0.2, 0) is 4.79 Å². The lowest BCUT2D eigenvalue weighted by atomic mass is 10.0. The number of terminal acetylenes is 1. The summed E-state index contributed by atoms with van der Waals surface area (Å²) in [7, 11) is 1.68. The van der Waals surface area contributed by atoms with Gasteiger partial charge in [-0.1, -0.05) is 5.92 Å². The molecule has 3 N–H and O–H groups in total. The van der Waals surface area contributed by atoms with Crippen LogP contribution < -0.4 is 10.6 Å². The first-order valence-electron chi connectivity index (χ1n) is 7.61. The summed E-state index contributed by atoms with van der Waals surface area (Å²) in [6.45, 7) is 0.165. The van der Waals surface area contributed by atoms with Gasteiger partial charge in [0, 0.05) is 17.0 Å². The third-order valence-electron chi connectivity index (χ3n) is 3.69. The fourth-order valence-electron chi connectivity index (χ4n) is 2.38. The van der Waals surface area contributed by atoms with Gasteiger partial charge in [-0.2, -0.15) is 0 Å². The van der Waals surface area contributed by atoms with E-state index in [-0.39, 0.29) is 30.1 Å². The molecular weight excluding hydrogens is 306 g/mol. The Labute approximate surface area is 139 Å². The highest BCUT2D eigenvalue weighted by Gasteiger charge is 2.30. The SMILES string of the molecule is C#Cc1ccc(-c2nnc(NC(=O)CNC)nc2C2CC2)c(O)c1. The molecule has 2 aromatic rings. The fraction of sp³-hybridized carbons (Fsp3) is 0.294. The summed E-state index contributed by atoms with van der Waals surface area (Å²) in [5.41, 5.74) is 2.36. The second-order valence-electron chi connectivity index (χ2n) is 5.60. The number of likely N-dealkylation sites (N-methyl/N-ethyl adjacent to an activating group) is 1. The van der Waals surface area contributed by atoms with E-state index in [1.54, 1.807) is 19.2 Å². The number of nitrogens with one attached hydrogen (secondary N) is 2. The Kier molecular flexibility index (Phi) is 4.40. The molecule has 122 valence electrons. The van der Waals surface area contributed by atoms with Crippen molar-refractivity contribution in [3.63, 3.8) is 0 Å². The van der Waals surface area contributed by atoms with E-state index < -0.39 is 0 Å². The number of carbonyl (C=O) groups is 1. The standard InChI is InChI=1S/C17H17N5O2/c1-3-10-4-7-12(13(23)8-10)16-15(11-5-6-11)20-17(22-21-16)19-14(24)9-18-2/h1,4,7-8,11,18,23H,5-6,9H2,2H3,(H,19,20,22,24). The molecule has 1 saturated carbocycles. The first-order valence-corrected chi connectivity index (χ1v) is 7.61. The molecule has 0 atom stereocenters. The van der Waals surface area contributed by atoms with Gasteiger partial charge < -0.3 is 10.4 Å². The van der Waals surface area contributed by atoms with Gasteiger partial charge in [0.25, 0.3) is 0 Å². The number of nitrogens with zero attached hydrogens (tertiary/aromatic N) is 3. The monoisotopic (exact) mass is 323 g/mol. The first kappa shape index (κ1) is 15.9. The molecule has 24 heavy (non-hydrogen) atoms.